The van der Waals surface area contributed by atoms with E-state index in [1.165, 1.54) is 4.88 Å². The van der Waals surface area contributed by atoms with Gasteiger partial charge >= 0.3 is 0 Å². The number of hydrogen-bond acceptors (Lipinski definition) is 5. The predicted octanol–water partition coefficient (Wildman–Crippen LogP) is 3.92. The molecule has 18 heavy (non-hydrogen) atoms. The van der Waals surface area contributed by atoms with E-state index in [2.05, 4.69) is 29.4 Å². The molecular formula is C13H18N2OS2. The van der Waals surface area contributed by atoms with Crippen molar-refractivity contribution in [2.45, 2.75) is 43.7 Å². The standard InChI is InChI=1S/C13H18N2OS2/c1-4-10(14)12(11-6-5-7-17-11)18-13-15-8(2)9(3)16-13/h5-7,10,12H,4,14H2,1-3H3. The van der Waals surface area contributed by atoms with Crippen molar-refractivity contribution in [2.75, 3.05) is 0 Å². The minimum Gasteiger partial charge on any atom is -0.437 e. The van der Waals surface area contributed by atoms with E-state index in [-0.39, 0.29) is 11.3 Å². The van der Waals surface area contributed by atoms with Gasteiger partial charge in [0.05, 0.1) is 10.9 Å². The lowest BCUT2D eigenvalue weighted by atomic mass is 10.1. The summed E-state index contributed by atoms with van der Waals surface area (Å²) in [5.41, 5.74) is 7.17. The lowest BCUT2D eigenvalue weighted by Gasteiger charge is -2.19. The molecule has 5 heteroatoms. The molecule has 2 N–H and O–H groups in total. The average Bonchev–Trinajstić information content (AvgIpc) is 2.96. The number of thioether (sulfide) groups is 1. The van der Waals surface area contributed by atoms with Crippen molar-refractivity contribution in [3.05, 3.63) is 33.8 Å². The summed E-state index contributed by atoms with van der Waals surface area (Å²) in [5.74, 6) is 0.882. The Labute approximate surface area is 116 Å². The Morgan fingerprint density at radius 1 is 1.50 bits per heavy atom. The second-order valence-corrected chi connectivity index (χ2v) is 6.32. The van der Waals surface area contributed by atoms with Crippen LogP contribution in [0, 0.1) is 13.8 Å². The maximum absolute atomic E-state index is 6.22. The van der Waals surface area contributed by atoms with E-state index in [4.69, 9.17) is 10.2 Å². The van der Waals surface area contributed by atoms with E-state index in [1.54, 1.807) is 23.1 Å². The van der Waals surface area contributed by atoms with Crippen LogP contribution in [0.2, 0.25) is 0 Å². The highest BCUT2D eigenvalue weighted by Gasteiger charge is 2.23. The molecule has 0 radical (unpaired) electrons. The van der Waals surface area contributed by atoms with Gasteiger partial charge in [-0.1, -0.05) is 24.8 Å². The summed E-state index contributed by atoms with van der Waals surface area (Å²) in [6, 6.07) is 4.30. The molecule has 0 amide bonds. The number of hydrogen-bond donors (Lipinski definition) is 1. The molecule has 2 aromatic rings. The van der Waals surface area contributed by atoms with Gasteiger partial charge in [0.15, 0.2) is 0 Å². The number of nitrogens with zero attached hydrogens (tertiary/aromatic N) is 1. The Balaban J connectivity index is 2.20. The van der Waals surface area contributed by atoms with Gasteiger partial charge in [0.1, 0.15) is 5.76 Å². The quantitative estimate of drug-likeness (QED) is 0.844. The summed E-state index contributed by atoms with van der Waals surface area (Å²) in [6.45, 7) is 6.01. The van der Waals surface area contributed by atoms with Gasteiger partial charge < -0.3 is 10.2 Å². The first-order valence-corrected chi connectivity index (χ1v) is 7.77. The van der Waals surface area contributed by atoms with Gasteiger partial charge in [0.2, 0.25) is 0 Å². The molecule has 2 atom stereocenters. The Kier molecular flexibility index (Phi) is 4.48. The Morgan fingerprint density at radius 3 is 2.78 bits per heavy atom. The summed E-state index contributed by atoms with van der Waals surface area (Å²) in [6.07, 6.45) is 0.939. The number of rotatable bonds is 5. The third-order valence-electron chi connectivity index (χ3n) is 2.92. The maximum atomic E-state index is 6.22. The molecule has 0 aliphatic heterocycles. The van der Waals surface area contributed by atoms with Crippen molar-refractivity contribution in [3.8, 4) is 0 Å². The van der Waals surface area contributed by atoms with Crippen LogP contribution < -0.4 is 5.73 Å². The molecular weight excluding hydrogens is 264 g/mol. The molecule has 2 unspecified atom stereocenters. The SMILES string of the molecule is CCC(N)C(Sc1nc(C)c(C)o1)c1cccs1. The van der Waals surface area contributed by atoms with Crippen molar-refractivity contribution in [1.82, 2.24) is 4.98 Å². The van der Waals surface area contributed by atoms with Gasteiger partial charge in [-0.2, -0.15) is 0 Å². The normalized spacial score (nSPS) is 14.7. The van der Waals surface area contributed by atoms with E-state index < -0.39 is 0 Å². The molecule has 0 aliphatic carbocycles. The van der Waals surface area contributed by atoms with E-state index in [9.17, 15) is 0 Å². The lowest BCUT2D eigenvalue weighted by Crippen LogP contribution is -2.25. The van der Waals surface area contributed by atoms with Crippen LogP contribution in [0.5, 0.6) is 0 Å². The largest absolute Gasteiger partial charge is 0.437 e. The molecule has 2 heterocycles. The molecule has 0 saturated carbocycles. The monoisotopic (exact) mass is 282 g/mol. The van der Waals surface area contributed by atoms with Crippen LogP contribution in [-0.2, 0) is 0 Å². The highest BCUT2D eigenvalue weighted by molar-refractivity contribution is 7.99. The smallest absolute Gasteiger partial charge is 0.256 e. The number of nitrogens with two attached hydrogens (primary N) is 1. The van der Waals surface area contributed by atoms with Gasteiger partial charge in [-0.3, -0.25) is 0 Å². The zero-order chi connectivity index (χ0) is 13.1. The number of oxazole rings is 1. The average molecular weight is 282 g/mol. The van der Waals surface area contributed by atoms with Crippen molar-refractivity contribution in [1.29, 1.82) is 0 Å². The molecule has 0 spiro atoms. The molecule has 3 nitrogen and oxygen atoms in total. The minimum absolute atomic E-state index is 0.112. The molecule has 2 aromatic heterocycles. The predicted molar refractivity (Wildman–Crippen MR) is 77.2 cm³/mol. The first-order valence-electron chi connectivity index (χ1n) is 6.01. The first-order chi connectivity index (χ1) is 8.61. The van der Waals surface area contributed by atoms with E-state index in [0.717, 1.165) is 17.9 Å². The van der Waals surface area contributed by atoms with Crippen LogP contribution >= 0.6 is 23.1 Å². The Hall–Kier alpha value is -0.780. The van der Waals surface area contributed by atoms with E-state index >= 15 is 0 Å². The highest BCUT2D eigenvalue weighted by Crippen LogP contribution is 2.40. The Morgan fingerprint density at radius 2 is 2.28 bits per heavy atom. The molecule has 0 aromatic carbocycles. The fourth-order valence-electron chi connectivity index (χ4n) is 1.63. The second-order valence-electron chi connectivity index (χ2n) is 4.25. The van der Waals surface area contributed by atoms with Crippen LogP contribution in [0.1, 0.15) is 34.9 Å². The third-order valence-corrected chi connectivity index (χ3v) is 5.26. The minimum atomic E-state index is 0.112. The summed E-state index contributed by atoms with van der Waals surface area (Å²) in [5, 5.41) is 3.01. The third kappa shape index (κ3) is 2.96. The van der Waals surface area contributed by atoms with Gasteiger partial charge in [-0.15, -0.1) is 11.3 Å². The van der Waals surface area contributed by atoms with Gasteiger partial charge in [0.25, 0.3) is 5.22 Å². The number of thiophene rings is 1. The summed E-state index contributed by atoms with van der Waals surface area (Å²) >= 11 is 3.36. The van der Waals surface area contributed by atoms with E-state index in [1.807, 2.05) is 13.8 Å². The number of aryl methyl sites for hydroxylation is 2. The van der Waals surface area contributed by atoms with Crippen molar-refractivity contribution in [3.63, 3.8) is 0 Å². The first kappa shape index (κ1) is 13.6. The molecule has 0 bridgehead atoms. The summed E-state index contributed by atoms with van der Waals surface area (Å²) in [4.78, 5) is 5.70. The van der Waals surface area contributed by atoms with Crippen molar-refractivity contribution in [2.24, 2.45) is 5.73 Å². The van der Waals surface area contributed by atoms with Crippen molar-refractivity contribution >= 4 is 23.1 Å². The molecule has 0 saturated heterocycles. The lowest BCUT2D eigenvalue weighted by molar-refractivity contribution is 0.429. The fraction of sp³-hybridized carbons (Fsp3) is 0.462. The fourth-order valence-corrected chi connectivity index (χ4v) is 3.86. The highest BCUT2D eigenvalue weighted by atomic mass is 32.2. The topological polar surface area (TPSA) is 52.0 Å². The zero-order valence-corrected chi connectivity index (χ0v) is 12.5. The van der Waals surface area contributed by atoms with Gasteiger partial charge in [-0.25, -0.2) is 4.98 Å². The molecule has 98 valence electrons. The van der Waals surface area contributed by atoms with Crippen LogP contribution in [0.25, 0.3) is 0 Å². The Bertz CT molecular complexity index is 474. The molecule has 0 fully saturated rings. The second kappa shape index (κ2) is 5.91. The maximum Gasteiger partial charge on any atom is 0.256 e. The van der Waals surface area contributed by atoms with E-state index in [0.29, 0.717) is 5.22 Å². The van der Waals surface area contributed by atoms with Crippen LogP contribution in [0.4, 0.5) is 0 Å². The molecule has 0 aliphatic rings. The van der Waals surface area contributed by atoms with Gasteiger partial charge in [0, 0.05) is 10.9 Å². The van der Waals surface area contributed by atoms with Crippen LogP contribution in [0.3, 0.4) is 0 Å². The van der Waals surface area contributed by atoms with Gasteiger partial charge in [-0.05, 0) is 31.7 Å². The molecule has 2 rings (SSSR count). The zero-order valence-electron chi connectivity index (χ0n) is 10.8. The van der Waals surface area contributed by atoms with Crippen molar-refractivity contribution < 1.29 is 4.42 Å². The summed E-state index contributed by atoms with van der Waals surface area (Å²) in [7, 11) is 0. The van der Waals surface area contributed by atoms with Crippen LogP contribution in [-0.4, -0.2) is 11.0 Å². The van der Waals surface area contributed by atoms with Crippen LogP contribution in [0.15, 0.2) is 27.2 Å². The number of aromatic nitrogens is 1. The summed E-state index contributed by atoms with van der Waals surface area (Å²) < 4.78 is 5.64.